The average molecular weight is 409 g/mol. The molecule has 0 atom stereocenters. The van der Waals surface area contributed by atoms with E-state index in [1.165, 1.54) is 15.6 Å². The minimum Gasteiger partial charge on any atom is -0.300 e. The van der Waals surface area contributed by atoms with Gasteiger partial charge in [0, 0.05) is 13.1 Å². The molecule has 1 aromatic heterocycles. The van der Waals surface area contributed by atoms with Gasteiger partial charge in [0.2, 0.25) is 21.1 Å². The second-order valence-corrected chi connectivity index (χ2v) is 9.88. The first-order valence-corrected chi connectivity index (χ1v) is 11.5. The van der Waals surface area contributed by atoms with E-state index in [1.807, 2.05) is 37.3 Å². The molecule has 146 valence electrons. The minimum absolute atomic E-state index is 0.0715. The molecule has 1 aromatic carbocycles. The highest BCUT2D eigenvalue weighted by Crippen LogP contribution is 2.37. The van der Waals surface area contributed by atoms with Gasteiger partial charge in [0.1, 0.15) is 5.01 Å². The first-order valence-electron chi connectivity index (χ1n) is 9.08. The molecule has 1 aliphatic heterocycles. The predicted molar refractivity (Wildman–Crippen MR) is 106 cm³/mol. The van der Waals surface area contributed by atoms with E-state index in [4.69, 9.17) is 0 Å². The Morgan fingerprint density at radius 1 is 1.19 bits per heavy atom. The average Bonchev–Trinajstić information content (AvgIpc) is 3.16. The smallest absolute Gasteiger partial charge is 0.236 e. The molecule has 0 radical (unpaired) electrons. The number of nitrogens with zero attached hydrogens (tertiary/aromatic N) is 3. The van der Waals surface area contributed by atoms with E-state index in [1.54, 1.807) is 6.92 Å². The third kappa shape index (κ3) is 4.04. The van der Waals surface area contributed by atoms with E-state index in [-0.39, 0.29) is 11.7 Å². The van der Waals surface area contributed by atoms with Crippen molar-refractivity contribution < 1.29 is 13.2 Å². The van der Waals surface area contributed by atoms with Crippen molar-refractivity contribution in [3.8, 4) is 0 Å². The molecule has 0 bridgehead atoms. The fourth-order valence-electron chi connectivity index (χ4n) is 3.40. The molecule has 1 N–H and O–H groups in total. The lowest BCUT2D eigenvalue weighted by Crippen LogP contribution is -2.51. The van der Waals surface area contributed by atoms with E-state index in [0.29, 0.717) is 31.1 Å². The zero-order valence-electron chi connectivity index (χ0n) is 15.5. The Morgan fingerprint density at radius 2 is 1.85 bits per heavy atom. The van der Waals surface area contributed by atoms with Crippen LogP contribution in [0.3, 0.4) is 0 Å². The Bertz CT molecular complexity index is 888. The molecule has 1 amide bonds. The maximum Gasteiger partial charge on any atom is 0.236 e. The summed E-state index contributed by atoms with van der Waals surface area (Å²) in [5.74, 6) is -0.0803. The standard InChI is InChI=1S/C18H24N4O3S2/c1-3-15-20-21-17(26-15)19-16(23)18(14-8-6-5-7-9-14)10-12-22(13-11-18)27(24,25)4-2/h5-9H,3-4,10-13H2,1-2H3,(H,19,21,23). The molecule has 7 nitrogen and oxygen atoms in total. The summed E-state index contributed by atoms with van der Waals surface area (Å²) in [6, 6.07) is 9.58. The Balaban J connectivity index is 1.87. The van der Waals surface area contributed by atoms with Gasteiger partial charge in [0.05, 0.1) is 11.2 Å². The monoisotopic (exact) mass is 408 g/mol. The highest BCUT2D eigenvalue weighted by Gasteiger charge is 2.45. The molecule has 2 heterocycles. The number of piperidine rings is 1. The number of rotatable bonds is 6. The summed E-state index contributed by atoms with van der Waals surface area (Å²) in [7, 11) is -3.26. The summed E-state index contributed by atoms with van der Waals surface area (Å²) in [6.45, 7) is 4.28. The van der Waals surface area contributed by atoms with Gasteiger partial charge >= 0.3 is 0 Å². The lowest BCUT2D eigenvalue weighted by molar-refractivity contribution is -0.123. The topological polar surface area (TPSA) is 92.3 Å². The van der Waals surface area contributed by atoms with Crippen LogP contribution in [0.1, 0.15) is 37.3 Å². The third-order valence-corrected chi connectivity index (χ3v) is 7.95. The number of aromatic nitrogens is 2. The summed E-state index contributed by atoms with van der Waals surface area (Å²) < 4.78 is 25.9. The molecule has 1 saturated heterocycles. The molecule has 1 aliphatic rings. The quantitative estimate of drug-likeness (QED) is 0.792. The van der Waals surface area contributed by atoms with E-state index < -0.39 is 15.4 Å². The Labute approximate surface area is 163 Å². The highest BCUT2D eigenvalue weighted by molar-refractivity contribution is 7.89. The number of sulfonamides is 1. The number of benzene rings is 1. The van der Waals surface area contributed by atoms with Gasteiger partial charge < -0.3 is 0 Å². The first kappa shape index (κ1) is 19.9. The number of aryl methyl sites for hydroxylation is 1. The fraction of sp³-hybridized carbons (Fsp3) is 0.500. The van der Waals surface area contributed by atoms with Gasteiger partial charge in [-0.1, -0.05) is 48.6 Å². The third-order valence-electron chi connectivity index (χ3n) is 5.08. The molecule has 0 spiro atoms. The SMILES string of the molecule is CCc1nnc(NC(=O)C2(c3ccccc3)CCN(S(=O)(=O)CC)CC2)s1. The van der Waals surface area contributed by atoms with Crippen molar-refractivity contribution in [1.29, 1.82) is 0 Å². The van der Waals surface area contributed by atoms with Gasteiger partial charge in [-0.3, -0.25) is 10.1 Å². The number of carbonyl (C=O) groups is 1. The van der Waals surface area contributed by atoms with Crippen LogP contribution in [-0.2, 0) is 26.7 Å². The second kappa shape index (κ2) is 8.04. The van der Waals surface area contributed by atoms with Gasteiger partial charge in [-0.2, -0.15) is 0 Å². The maximum absolute atomic E-state index is 13.3. The number of anilines is 1. The van der Waals surface area contributed by atoms with Crippen molar-refractivity contribution in [2.45, 2.75) is 38.5 Å². The normalized spacial score (nSPS) is 17.6. The van der Waals surface area contributed by atoms with Gasteiger partial charge in [0.15, 0.2) is 0 Å². The van der Waals surface area contributed by atoms with Crippen LogP contribution in [0.2, 0.25) is 0 Å². The summed E-state index contributed by atoms with van der Waals surface area (Å²) in [6.07, 6.45) is 1.63. The summed E-state index contributed by atoms with van der Waals surface area (Å²) in [4.78, 5) is 13.3. The molecule has 3 rings (SSSR count). The van der Waals surface area contributed by atoms with E-state index in [2.05, 4.69) is 15.5 Å². The van der Waals surface area contributed by atoms with Crippen molar-refractivity contribution in [3.63, 3.8) is 0 Å². The molecular formula is C18H24N4O3S2. The van der Waals surface area contributed by atoms with Gasteiger partial charge in [-0.15, -0.1) is 10.2 Å². The van der Waals surface area contributed by atoms with E-state index >= 15 is 0 Å². The van der Waals surface area contributed by atoms with Gasteiger partial charge in [-0.25, -0.2) is 12.7 Å². The predicted octanol–water partition coefficient (Wildman–Crippen LogP) is 2.42. The zero-order chi connectivity index (χ0) is 19.5. The Morgan fingerprint density at radius 3 is 2.41 bits per heavy atom. The molecule has 27 heavy (non-hydrogen) atoms. The van der Waals surface area contributed by atoms with E-state index in [0.717, 1.165) is 17.0 Å². The molecule has 0 aliphatic carbocycles. The Kier molecular flexibility index (Phi) is 5.92. The molecule has 9 heteroatoms. The largest absolute Gasteiger partial charge is 0.300 e. The van der Waals surface area contributed by atoms with E-state index in [9.17, 15) is 13.2 Å². The van der Waals surface area contributed by atoms with Crippen molar-refractivity contribution in [3.05, 3.63) is 40.9 Å². The van der Waals surface area contributed by atoms with Crippen molar-refractivity contribution >= 4 is 32.4 Å². The lowest BCUT2D eigenvalue weighted by Gasteiger charge is -2.40. The van der Waals surface area contributed by atoms with Crippen molar-refractivity contribution in [1.82, 2.24) is 14.5 Å². The summed E-state index contributed by atoms with van der Waals surface area (Å²) in [5.41, 5.74) is 0.121. The number of nitrogens with one attached hydrogen (secondary N) is 1. The number of hydrogen-bond acceptors (Lipinski definition) is 6. The minimum atomic E-state index is -3.26. The fourth-order valence-corrected chi connectivity index (χ4v) is 5.18. The molecular weight excluding hydrogens is 384 g/mol. The van der Waals surface area contributed by atoms with Crippen LogP contribution >= 0.6 is 11.3 Å². The van der Waals surface area contributed by atoms with Crippen LogP contribution in [-0.4, -0.2) is 47.7 Å². The molecule has 2 aromatic rings. The number of amides is 1. The van der Waals surface area contributed by atoms with Crippen molar-refractivity contribution in [2.75, 3.05) is 24.2 Å². The van der Waals surface area contributed by atoms with Crippen LogP contribution in [0.15, 0.2) is 30.3 Å². The van der Waals surface area contributed by atoms with Gasteiger partial charge in [-0.05, 0) is 31.7 Å². The summed E-state index contributed by atoms with van der Waals surface area (Å²) >= 11 is 1.37. The molecule has 1 fully saturated rings. The first-order chi connectivity index (χ1) is 12.9. The number of hydrogen-bond donors (Lipinski definition) is 1. The highest BCUT2D eigenvalue weighted by atomic mass is 32.2. The number of carbonyl (C=O) groups excluding carboxylic acids is 1. The van der Waals surface area contributed by atoms with Crippen LogP contribution < -0.4 is 5.32 Å². The Hall–Kier alpha value is -1.84. The summed E-state index contributed by atoms with van der Waals surface area (Å²) in [5, 5.41) is 12.4. The van der Waals surface area contributed by atoms with Crippen molar-refractivity contribution in [2.24, 2.45) is 0 Å². The molecule has 0 unspecified atom stereocenters. The second-order valence-electron chi connectivity index (χ2n) is 6.56. The van der Waals surface area contributed by atoms with Crippen LogP contribution in [0.5, 0.6) is 0 Å². The van der Waals surface area contributed by atoms with Gasteiger partial charge in [0.25, 0.3) is 0 Å². The van der Waals surface area contributed by atoms with Crippen LogP contribution in [0, 0.1) is 0 Å². The lowest BCUT2D eigenvalue weighted by atomic mass is 9.72. The molecule has 0 saturated carbocycles. The van der Waals surface area contributed by atoms with Crippen LogP contribution in [0.4, 0.5) is 5.13 Å². The zero-order valence-corrected chi connectivity index (χ0v) is 17.1. The maximum atomic E-state index is 13.3. The van der Waals surface area contributed by atoms with Crippen LogP contribution in [0.25, 0.3) is 0 Å².